The zero-order valence-electron chi connectivity index (χ0n) is 13.8. The van der Waals surface area contributed by atoms with E-state index in [0.29, 0.717) is 5.92 Å². The van der Waals surface area contributed by atoms with Crippen LogP contribution in [0.5, 0.6) is 0 Å². The van der Waals surface area contributed by atoms with Crippen molar-refractivity contribution in [3.63, 3.8) is 0 Å². The van der Waals surface area contributed by atoms with E-state index < -0.39 is 0 Å². The monoisotopic (exact) mass is 338 g/mol. The second-order valence-electron chi connectivity index (χ2n) is 6.28. The van der Waals surface area contributed by atoms with Gasteiger partial charge in [0.15, 0.2) is 0 Å². The minimum atomic E-state index is 0.604. The Morgan fingerprint density at radius 2 is 1.75 bits per heavy atom. The highest BCUT2D eigenvalue weighted by Gasteiger charge is 2.12. The van der Waals surface area contributed by atoms with Crippen molar-refractivity contribution in [3.8, 4) is 0 Å². The van der Waals surface area contributed by atoms with Gasteiger partial charge in [0.2, 0.25) is 0 Å². The normalized spacial score (nSPS) is 12.2. The van der Waals surface area contributed by atoms with Crippen LogP contribution in [0.1, 0.15) is 24.0 Å². The summed E-state index contributed by atoms with van der Waals surface area (Å²) < 4.78 is 2.15. The van der Waals surface area contributed by atoms with E-state index in [9.17, 15) is 0 Å². The standard InChI is InChI=1S/C21H23ClN2/c22-21-9-5-4-8-20(21)16-19(12-14-24-15-13-23-17-24)11-10-18-6-2-1-3-7-18/h1-9,13,15,17,19H,10-12,14,16H2. The lowest BCUT2D eigenvalue weighted by Gasteiger charge is -2.18. The van der Waals surface area contributed by atoms with Crippen molar-refractivity contribution in [3.05, 3.63) is 89.5 Å². The van der Waals surface area contributed by atoms with Crippen LogP contribution in [0.4, 0.5) is 0 Å². The molecule has 3 heteroatoms. The number of benzene rings is 2. The lowest BCUT2D eigenvalue weighted by Crippen LogP contribution is -2.10. The zero-order chi connectivity index (χ0) is 16.6. The van der Waals surface area contributed by atoms with Crippen LogP contribution in [0.2, 0.25) is 5.02 Å². The third-order valence-electron chi connectivity index (χ3n) is 4.51. The van der Waals surface area contributed by atoms with Crippen molar-refractivity contribution in [2.75, 3.05) is 0 Å². The molecular formula is C21H23ClN2. The van der Waals surface area contributed by atoms with Crippen LogP contribution in [0.25, 0.3) is 0 Å². The van der Waals surface area contributed by atoms with Gasteiger partial charge in [-0.1, -0.05) is 60.1 Å². The van der Waals surface area contributed by atoms with E-state index in [1.165, 1.54) is 17.5 Å². The second kappa shape index (κ2) is 8.70. The maximum atomic E-state index is 6.37. The molecule has 24 heavy (non-hydrogen) atoms. The van der Waals surface area contributed by atoms with Crippen LogP contribution >= 0.6 is 11.6 Å². The van der Waals surface area contributed by atoms with Gasteiger partial charge in [0, 0.05) is 24.0 Å². The van der Waals surface area contributed by atoms with Crippen LogP contribution in [-0.2, 0) is 19.4 Å². The molecule has 0 saturated heterocycles. The summed E-state index contributed by atoms with van der Waals surface area (Å²) in [7, 11) is 0. The van der Waals surface area contributed by atoms with Crippen molar-refractivity contribution in [1.29, 1.82) is 0 Å². The molecule has 1 heterocycles. The predicted molar refractivity (Wildman–Crippen MR) is 100 cm³/mol. The Bertz CT molecular complexity index is 723. The van der Waals surface area contributed by atoms with E-state index in [-0.39, 0.29) is 0 Å². The molecule has 0 aliphatic rings. The second-order valence-corrected chi connectivity index (χ2v) is 6.68. The van der Waals surface area contributed by atoms with Gasteiger partial charge < -0.3 is 4.57 Å². The summed E-state index contributed by atoms with van der Waals surface area (Å²) >= 11 is 6.37. The third kappa shape index (κ3) is 4.97. The van der Waals surface area contributed by atoms with Gasteiger partial charge in [-0.05, 0) is 48.8 Å². The summed E-state index contributed by atoms with van der Waals surface area (Å²) in [5.74, 6) is 0.604. The molecule has 124 valence electrons. The smallest absolute Gasteiger partial charge is 0.0945 e. The van der Waals surface area contributed by atoms with Crippen molar-refractivity contribution in [2.45, 2.75) is 32.2 Å². The molecule has 1 atom stereocenters. The molecule has 1 unspecified atom stereocenters. The summed E-state index contributed by atoms with van der Waals surface area (Å²) in [4.78, 5) is 4.13. The fourth-order valence-corrected chi connectivity index (χ4v) is 3.30. The van der Waals surface area contributed by atoms with Crippen LogP contribution < -0.4 is 0 Å². The zero-order valence-corrected chi connectivity index (χ0v) is 14.6. The lowest BCUT2D eigenvalue weighted by atomic mass is 9.90. The largest absolute Gasteiger partial charge is 0.337 e. The molecule has 0 aliphatic carbocycles. The van der Waals surface area contributed by atoms with Crippen molar-refractivity contribution < 1.29 is 0 Å². The van der Waals surface area contributed by atoms with Gasteiger partial charge in [-0.3, -0.25) is 0 Å². The fourth-order valence-electron chi connectivity index (χ4n) is 3.09. The average molecular weight is 339 g/mol. The molecule has 0 spiro atoms. The molecule has 2 aromatic carbocycles. The quantitative estimate of drug-likeness (QED) is 0.536. The number of halogens is 1. The fraction of sp³-hybridized carbons (Fsp3) is 0.286. The van der Waals surface area contributed by atoms with E-state index in [1.54, 1.807) is 0 Å². The van der Waals surface area contributed by atoms with E-state index in [0.717, 1.165) is 30.8 Å². The Morgan fingerprint density at radius 3 is 2.50 bits per heavy atom. The Hall–Kier alpha value is -2.06. The minimum absolute atomic E-state index is 0.604. The molecule has 0 bridgehead atoms. The number of rotatable bonds is 8. The summed E-state index contributed by atoms with van der Waals surface area (Å²) in [5, 5.41) is 0.879. The highest BCUT2D eigenvalue weighted by molar-refractivity contribution is 6.31. The van der Waals surface area contributed by atoms with Gasteiger partial charge >= 0.3 is 0 Å². The lowest BCUT2D eigenvalue weighted by molar-refractivity contribution is 0.416. The Labute approximate surface area is 149 Å². The number of imidazole rings is 1. The first kappa shape index (κ1) is 16.8. The SMILES string of the molecule is Clc1ccccc1CC(CCc1ccccc1)CCn1ccnc1. The number of hydrogen-bond acceptors (Lipinski definition) is 1. The number of hydrogen-bond donors (Lipinski definition) is 0. The predicted octanol–water partition coefficient (Wildman–Crippen LogP) is 5.42. The Morgan fingerprint density at radius 1 is 0.958 bits per heavy atom. The highest BCUT2D eigenvalue weighted by atomic mass is 35.5. The Balaban J connectivity index is 1.64. The van der Waals surface area contributed by atoms with Crippen LogP contribution in [0.3, 0.4) is 0 Å². The van der Waals surface area contributed by atoms with Crippen molar-refractivity contribution in [1.82, 2.24) is 9.55 Å². The minimum Gasteiger partial charge on any atom is -0.337 e. The van der Waals surface area contributed by atoms with Gasteiger partial charge in [0.1, 0.15) is 0 Å². The first-order chi connectivity index (χ1) is 11.8. The van der Waals surface area contributed by atoms with Gasteiger partial charge in [0.25, 0.3) is 0 Å². The summed E-state index contributed by atoms with van der Waals surface area (Å²) in [6.45, 7) is 1.00. The van der Waals surface area contributed by atoms with Crippen LogP contribution in [-0.4, -0.2) is 9.55 Å². The van der Waals surface area contributed by atoms with Crippen molar-refractivity contribution in [2.24, 2.45) is 5.92 Å². The molecule has 2 nitrogen and oxygen atoms in total. The molecule has 0 radical (unpaired) electrons. The molecule has 1 aromatic heterocycles. The van der Waals surface area contributed by atoms with Crippen LogP contribution in [0, 0.1) is 5.92 Å². The molecule has 0 fully saturated rings. The summed E-state index contributed by atoms with van der Waals surface area (Å²) in [6, 6.07) is 18.9. The number of aromatic nitrogens is 2. The van der Waals surface area contributed by atoms with Gasteiger partial charge in [-0.25, -0.2) is 4.98 Å². The first-order valence-electron chi connectivity index (χ1n) is 8.54. The molecule has 3 aromatic rings. The van der Waals surface area contributed by atoms with Crippen molar-refractivity contribution >= 4 is 11.6 Å². The number of nitrogens with zero attached hydrogens (tertiary/aromatic N) is 2. The molecule has 3 rings (SSSR count). The summed E-state index contributed by atoms with van der Waals surface area (Å²) in [6.07, 6.45) is 10.2. The summed E-state index contributed by atoms with van der Waals surface area (Å²) in [5.41, 5.74) is 2.66. The molecule has 0 amide bonds. The molecule has 0 aliphatic heterocycles. The average Bonchev–Trinajstić information content (AvgIpc) is 3.13. The van der Waals surface area contributed by atoms with Crippen LogP contribution in [0.15, 0.2) is 73.3 Å². The molecule has 0 N–H and O–H groups in total. The Kier molecular flexibility index (Phi) is 6.08. The third-order valence-corrected chi connectivity index (χ3v) is 4.87. The number of aryl methyl sites for hydroxylation is 2. The highest BCUT2D eigenvalue weighted by Crippen LogP contribution is 2.24. The van der Waals surface area contributed by atoms with Gasteiger partial charge in [0.05, 0.1) is 6.33 Å². The van der Waals surface area contributed by atoms with Gasteiger partial charge in [-0.15, -0.1) is 0 Å². The van der Waals surface area contributed by atoms with E-state index in [2.05, 4.69) is 52.0 Å². The maximum Gasteiger partial charge on any atom is 0.0945 e. The first-order valence-corrected chi connectivity index (χ1v) is 8.92. The van der Waals surface area contributed by atoms with E-state index in [4.69, 9.17) is 11.6 Å². The topological polar surface area (TPSA) is 17.8 Å². The van der Waals surface area contributed by atoms with E-state index in [1.807, 2.05) is 30.9 Å². The maximum absolute atomic E-state index is 6.37. The van der Waals surface area contributed by atoms with E-state index >= 15 is 0 Å². The molecular weight excluding hydrogens is 316 g/mol. The molecule has 0 saturated carbocycles. The van der Waals surface area contributed by atoms with Gasteiger partial charge in [-0.2, -0.15) is 0 Å².